The molecule has 8 heteroatoms. The summed E-state index contributed by atoms with van der Waals surface area (Å²) in [5.41, 5.74) is 6.29. The average molecular weight is 346 g/mol. The van der Waals surface area contributed by atoms with Gasteiger partial charge in [0.1, 0.15) is 0 Å². The molecule has 0 saturated heterocycles. The minimum Gasteiger partial charge on any atom is -0.329 e. The van der Waals surface area contributed by atoms with Gasteiger partial charge in [0.2, 0.25) is 5.91 Å². The van der Waals surface area contributed by atoms with Crippen LogP contribution >= 0.6 is 0 Å². The minimum absolute atomic E-state index is 0.0890. The Balaban J connectivity index is 2.22. The third kappa shape index (κ3) is 3.85. The maximum Gasteiger partial charge on any atom is 0.328 e. The number of carbonyl (C=O) groups excluding carboxylic acids is 4. The number of nitrogens with zero attached hydrogens (tertiary/aromatic N) is 2. The first-order valence-electron chi connectivity index (χ1n) is 8.05. The third-order valence-corrected chi connectivity index (χ3v) is 3.75. The van der Waals surface area contributed by atoms with E-state index in [-0.39, 0.29) is 36.4 Å². The second-order valence-corrected chi connectivity index (χ2v) is 6.26. The fourth-order valence-electron chi connectivity index (χ4n) is 2.62. The number of carbonyl (C=O) groups is 4. The van der Waals surface area contributed by atoms with Gasteiger partial charge in [0, 0.05) is 32.2 Å². The molecule has 0 saturated carbocycles. The van der Waals surface area contributed by atoms with Crippen molar-refractivity contribution in [3.8, 4) is 0 Å². The van der Waals surface area contributed by atoms with Crippen molar-refractivity contribution in [3.63, 3.8) is 0 Å². The van der Waals surface area contributed by atoms with E-state index >= 15 is 0 Å². The molecule has 0 aliphatic carbocycles. The number of amides is 5. The standard InChI is InChI=1S/C17H22N4O4/c1-10(2)9-21-15(23)13-5-4-12(8-14(13)16(21)24)19-17(25)20(7-6-18)11(3)22/h4-5,8,10H,6-7,9,18H2,1-3H3,(H,19,25). The van der Waals surface area contributed by atoms with Crippen molar-refractivity contribution >= 4 is 29.4 Å². The van der Waals surface area contributed by atoms with Gasteiger partial charge >= 0.3 is 6.03 Å². The second kappa shape index (κ2) is 7.43. The third-order valence-electron chi connectivity index (χ3n) is 3.75. The predicted octanol–water partition coefficient (Wildman–Crippen LogP) is 1.28. The van der Waals surface area contributed by atoms with E-state index in [0.717, 1.165) is 4.90 Å². The van der Waals surface area contributed by atoms with Gasteiger partial charge in [-0.2, -0.15) is 0 Å². The van der Waals surface area contributed by atoms with E-state index in [1.807, 2.05) is 13.8 Å². The molecular weight excluding hydrogens is 324 g/mol. The summed E-state index contributed by atoms with van der Waals surface area (Å²) in [5.74, 6) is -0.990. The molecule has 0 fully saturated rings. The normalized spacial score (nSPS) is 13.2. The summed E-state index contributed by atoms with van der Waals surface area (Å²) < 4.78 is 0. The van der Waals surface area contributed by atoms with Crippen LogP contribution in [0.1, 0.15) is 41.5 Å². The molecule has 0 radical (unpaired) electrons. The van der Waals surface area contributed by atoms with Crippen LogP contribution in [0, 0.1) is 5.92 Å². The van der Waals surface area contributed by atoms with Crippen LogP contribution in [-0.4, -0.2) is 53.2 Å². The predicted molar refractivity (Wildman–Crippen MR) is 92.1 cm³/mol. The Bertz CT molecular complexity index is 729. The number of anilines is 1. The van der Waals surface area contributed by atoms with Gasteiger partial charge < -0.3 is 11.1 Å². The molecule has 134 valence electrons. The van der Waals surface area contributed by atoms with Gasteiger partial charge in [-0.25, -0.2) is 4.79 Å². The van der Waals surface area contributed by atoms with Crippen molar-refractivity contribution in [2.24, 2.45) is 11.7 Å². The van der Waals surface area contributed by atoms with Gasteiger partial charge in [0.15, 0.2) is 0 Å². The smallest absolute Gasteiger partial charge is 0.328 e. The van der Waals surface area contributed by atoms with E-state index in [1.165, 1.54) is 30.0 Å². The van der Waals surface area contributed by atoms with Gasteiger partial charge in [-0.15, -0.1) is 0 Å². The molecule has 0 spiro atoms. The Morgan fingerprint density at radius 2 is 1.84 bits per heavy atom. The number of fused-ring (bicyclic) bond motifs is 1. The topological polar surface area (TPSA) is 113 Å². The number of benzene rings is 1. The van der Waals surface area contributed by atoms with Crippen molar-refractivity contribution in [2.75, 3.05) is 25.0 Å². The number of nitrogens with two attached hydrogens (primary N) is 1. The van der Waals surface area contributed by atoms with E-state index < -0.39 is 11.9 Å². The molecule has 1 aromatic rings. The summed E-state index contributed by atoms with van der Waals surface area (Å²) in [5, 5.41) is 2.56. The monoisotopic (exact) mass is 346 g/mol. The first-order valence-corrected chi connectivity index (χ1v) is 8.05. The number of hydrogen-bond acceptors (Lipinski definition) is 5. The van der Waals surface area contributed by atoms with E-state index in [2.05, 4.69) is 5.32 Å². The Kier molecular flexibility index (Phi) is 5.53. The van der Waals surface area contributed by atoms with Crippen molar-refractivity contribution in [3.05, 3.63) is 29.3 Å². The largest absolute Gasteiger partial charge is 0.329 e. The van der Waals surface area contributed by atoms with Gasteiger partial charge in [-0.05, 0) is 24.1 Å². The zero-order valence-electron chi connectivity index (χ0n) is 14.5. The minimum atomic E-state index is -0.631. The number of urea groups is 1. The second-order valence-electron chi connectivity index (χ2n) is 6.26. The molecule has 5 amide bonds. The van der Waals surface area contributed by atoms with Crippen LogP contribution in [0.4, 0.5) is 10.5 Å². The summed E-state index contributed by atoms with van der Waals surface area (Å²) >= 11 is 0. The van der Waals surface area contributed by atoms with E-state index in [1.54, 1.807) is 0 Å². The SMILES string of the molecule is CC(=O)N(CCN)C(=O)Nc1ccc2c(c1)C(=O)N(CC(C)C)C2=O. The molecule has 1 aliphatic heterocycles. The highest BCUT2D eigenvalue weighted by atomic mass is 16.2. The number of nitrogens with one attached hydrogen (secondary N) is 1. The van der Waals surface area contributed by atoms with E-state index in [0.29, 0.717) is 17.8 Å². The fourth-order valence-corrected chi connectivity index (χ4v) is 2.62. The van der Waals surface area contributed by atoms with Crippen LogP contribution in [-0.2, 0) is 4.79 Å². The van der Waals surface area contributed by atoms with Crippen molar-refractivity contribution in [1.82, 2.24) is 9.80 Å². The lowest BCUT2D eigenvalue weighted by Crippen LogP contribution is -2.41. The van der Waals surface area contributed by atoms with Crippen LogP contribution in [0.5, 0.6) is 0 Å². The highest BCUT2D eigenvalue weighted by Gasteiger charge is 2.35. The molecule has 1 aromatic carbocycles. The lowest BCUT2D eigenvalue weighted by atomic mass is 10.1. The van der Waals surface area contributed by atoms with Gasteiger partial charge in [-0.3, -0.25) is 24.2 Å². The van der Waals surface area contributed by atoms with Crippen molar-refractivity contribution in [2.45, 2.75) is 20.8 Å². The van der Waals surface area contributed by atoms with Crippen LogP contribution in [0.15, 0.2) is 18.2 Å². The molecule has 25 heavy (non-hydrogen) atoms. The van der Waals surface area contributed by atoms with E-state index in [4.69, 9.17) is 5.73 Å². The summed E-state index contributed by atoms with van der Waals surface area (Å²) in [6.07, 6.45) is 0. The molecule has 0 unspecified atom stereocenters. The molecule has 3 N–H and O–H groups in total. The molecule has 2 rings (SSSR count). The highest BCUT2D eigenvalue weighted by Crippen LogP contribution is 2.26. The summed E-state index contributed by atoms with van der Waals surface area (Å²) in [7, 11) is 0. The first-order chi connectivity index (χ1) is 11.8. The quantitative estimate of drug-likeness (QED) is 0.780. The summed E-state index contributed by atoms with van der Waals surface area (Å²) in [6, 6.07) is 3.86. The molecule has 8 nitrogen and oxygen atoms in total. The maximum atomic E-state index is 12.4. The number of imide groups is 2. The van der Waals surface area contributed by atoms with Gasteiger partial charge in [0.25, 0.3) is 11.8 Å². The van der Waals surface area contributed by atoms with Gasteiger partial charge in [0.05, 0.1) is 11.1 Å². The molecule has 0 aromatic heterocycles. The lowest BCUT2D eigenvalue weighted by Gasteiger charge is -2.18. The summed E-state index contributed by atoms with van der Waals surface area (Å²) in [6.45, 7) is 5.68. The Morgan fingerprint density at radius 3 is 2.40 bits per heavy atom. The lowest BCUT2D eigenvalue weighted by molar-refractivity contribution is -0.125. The van der Waals surface area contributed by atoms with Gasteiger partial charge in [-0.1, -0.05) is 13.8 Å². The molecule has 0 atom stereocenters. The zero-order chi connectivity index (χ0) is 18.7. The van der Waals surface area contributed by atoms with Crippen LogP contribution in [0.25, 0.3) is 0 Å². The van der Waals surface area contributed by atoms with Crippen LogP contribution in [0.3, 0.4) is 0 Å². The first kappa shape index (κ1) is 18.6. The average Bonchev–Trinajstić information content (AvgIpc) is 2.76. The molecular formula is C17H22N4O4. The fraction of sp³-hybridized carbons (Fsp3) is 0.412. The van der Waals surface area contributed by atoms with Crippen molar-refractivity contribution in [1.29, 1.82) is 0 Å². The van der Waals surface area contributed by atoms with E-state index in [9.17, 15) is 19.2 Å². The Labute approximate surface area is 145 Å². The van der Waals surface area contributed by atoms with Crippen molar-refractivity contribution < 1.29 is 19.2 Å². The zero-order valence-corrected chi connectivity index (χ0v) is 14.5. The molecule has 1 heterocycles. The molecule has 1 aliphatic rings. The Morgan fingerprint density at radius 1 is 1.20 bits per heavy atom. The highest BCUT2D eigenvalue weighted by molar-refractivity contribution is 6.22. The van der Waals surface area contributed by atoms with Crippen LogP contribution in [0.2, 0.25) is 0 Å². The van der Waals surface area contributed by atoms with Crippen LogP contribution < -0.4 is 11.1 Å². The maximum absolute atomic E-state index is 12.4. The summed E-state index contributed by atoms with van der Waals surface area (Å²) in [4.78, 5) is 50.6. The number of hydrogen-bond donors (Lipinski definition) is 2. The Hall–Kier alpha value is -2.74. The molecule has 0 bridgehead atoms. The number of rotatable bonds is 5.